The summed E-state index contributed by atoms with van der Waals surface area (Å²) in [5.74, 6) is 0.0206. The molecule has 0 saturated carbocycles. The molecular formula is C18H18N4O. The van der Waals surface area contributed by atoms with Crippen LogP contribution in [-0.2, 0) is 5.54 Å². The smallest absolute Gasteiger partial charge is 0.256 e. The molecule has 0 aliphatic carbocycles. The second-order valence-electron chi connectivity index (χ2n) is 6.49. The van der Waals surface area contributed by atoms with Gasteiger partial charge in [0.15, 0.2) is 0 Å². The van der Waals surface area contributed by atoms with E-state index in [9.17, 15) is 4.79 Å². The number of nitrogens with zero attached hydrogens (tertiary/aromatic N) is 2. The Hall–Kier alpha value is -2.82. The number of hydrogen-bond acceptors (Lipinski definition) is 3. The molecule has 5 nitrogen and oxygen atoms in total. The molecule has 3 heterocycles. The summed E-state index contributed by atoms with van der Waals surface area (Å²) < 4.78 is 0. The molecule has 1 amide bonds. The predicted molar refractivity (Wildman–Crippen MR) is 91.1 cm³/mol. The summed E-state index contributed by atoms with van der Waals surface area (Å²) in [5, 5.41) is 1.04. The Morgan fingerprint density at radius 2 is 1.96 bits per heavy atom. The van der Waals surface area contributed by atoms with Crippen LogP contribution in [0, 0.1) is 0 Å². The Balaban J connectivity index is 1.94. The zero-order valence-corrected chi connectivity index (χ0v) is 13.3. The van der Waals surface area contributed by atoms with Crippen LogP contribution in [-0.4, -0.2) is 27.8 Å². The highest BCUT2D eigenvalue weighted by Gasteiger charge is 2.42. The molecule has 0 radical (unpaired) electrons. The molecule has 116 valence electrons. The third kappa shape index (κ3) is 1.73. The first kappa shape index (κ1) is 13.8. The first-order valence-electron chi connectivity index (χ1n) is 7.57. The Bertz CT molecular complexity index is 955. The highest BCUT2D eigenvalue weighted by Crippen LogP contribution is 2.38. The minimum atomic E-state index is -0.409. The number of H-pyrrole nitrogens is 1. The molecule has 5 heteroatoms. The maximum Gasteiger partial charge on any atom is 0.256 e. The average molecular weight is 306 g/mol. The number of nitrogens with two attached hydrogens (primary N) is 1. The molecule has 0 unspecified atom stereocenters. The van der Waals surface area contributed by atoms with Gasteiger partial charge in [-0.25, -0.2) is 4.98 Å². The van der Waals surface area contributed by atoms with Gasteiger partial charge in [0.1, 0.15) is 0 Å². The van der Waals surface area contributed by atoms with Gasteiger partial charge in [0.25, 0.3) is 5.91 Å². The quantitative estimate of drug-likeness (QED) is 0.678. The SMILES string of the molecule is CN1C(=O)c2ccc(-c3c[nH]c4c(N)cccc34)nc2C1(C)C. The molecule has 4 rings (SSSR count). The van der Waals surface area contributed by atoms with Crippen LogP contribution in [0.5, 0.6) is 0 Å². The molecule has 1 aliphatic rings. The van der Waals surface area contributed by atoms with Gasteiger partial charge in [0.05, 0.1) is 33.7 Å². The van der Waals surface area contributed by atoms with Crippen LogP contribution in [0.15, 0.2) is 36.5 Å². The standard InChI is InChI=1S/C18H18N4O/c1-18(2)16-11(17(23)22(18)3)7-8-14(21-16)12-9-20-15-10(12)5-4-6-13(15)19/h4-9,20H,19H2,1-3H3. The maximum atomic E-state index is 12.3. The van der Waals surface area contributed by atoms with Crippen LogP contribution >= 0.6 is 0 Å². The molecule has 2 aromatic heterocycles. The van der Waals surface area contributed by atoms with Gasteiger partial charge in [0, 0.05) is 24.2 Å². The Morgan fingerprint density at radius 1 is 1.17 bits per heavy atom. The third-order valence-electron chi connectivity index (χ3n) is 4.87. The second kappa shape index (κ2) is 4.35. The van der Waals surface area contributed by atoms with Crippen molar-refractivity contribution in [3.8, 4) is 11.3 Å². The zero-order valence-electron chi connectivity index (χ0n) is 13.3. The molecule has 0 saturated heterocycles. The van der Waals surface area contributed by atoms with Gasteiger partial charge in [-0.1, -0.05) is 12.1 Å². The number of hydrogen-bond donors (Lipinski definition) is 2. The fraction of sp³-hybridized carbons (Fsp3) is 0.222. The van der Waals surface area contributed by atoms with Gasteiger partial charge in [-0.3, -0.25) is 4.79 Å². The lowest BCUT2D eigenvalue weighted by Crippen LogP contribution is -2.35. The van der Waals surface area contributed by atoms with Crippen molar-refractivity contribution in [3.05, 3.63) is 47.8 Å². The Morgan fingerprint density at radius 3 is 2.74 bits per heavy atom. The number of rotatable bonds is 1. The molecule has 0 atom stereocenters. The van der Waals surface area contributed by atoms with E-state index in [1.807, 2.05) is 57.4 Å². The number of pyridine rings is 1. The lowest BCUT2D eigenvalue weighted by Gasteiger charge is -2.27. The van der Waals surface area contributed by atoms with Crippen molar-refractivity contribution in [1.82, 2.24) is 14.9 Å². The topological polar surface area (TPSA) is 75.0 Å². The van der Waals surface area contributed by atoms with Gasteiger partial charge >= 0.3 is 0 Å². The van der Waals surface area contributed by atoms with Crippen molar-refractivity contribution in [2.24, 2.45) is 0 Å². The van der Waals surface area contributed by atoms with Crippen LogP contribution in [0.1, 0.15) is 29.9 Å². The summed E-state index contributed by atoms with van der Waals surface area (Å²) in [5.41, 5.74) is 10.6. The molecule has 3 aromatic rings. The van der Waals surface area contributed by atoms with Gasteiger partial charge < -0.3 is 15.6 Å². The molecule has 0 spiro atoms. The third-order valence-corrected chi connectivity index (χ3v) is 4.87. The first-order chi connectivity index (χ1) is 10.9. The van der Waals surface area contributed by atoms with E-state index in [4.69, 9.17) is 10.7 Å². The van der Waals surface area contributed by atoms with Gasteiger partial charge in [-0.15, -0.1) is 0 Å². The number of benzene rings is 1. The number of aromatic nitrogens is 2. The number of carbonyl (C=O) groups excluding carboxylic acids is 1. The Kier molecular flexibility index (Phi) is 2.61. The molecule has 1 aliphatic heterocycles. The van der Waals surface area contributed by atoms with E-state index in [0.717, 1.165) is 27.9 Å². The van der Waals surface area contributed by atoms with Crippen molar-refractivity contribution >= 4 is 22.5 Å². The lowest BCUT2D eigenvalue weighted by atomic mass is 9.98. The van der Waals surface area contributed by atoms with Crippen molar-refractivity contribution in [2.75, 3.05) is 12.8 Å². The van der Waals surface area contributed by atoms with Gasteiger partial charge in [-0.05, 0) is 32.0 Å². The highest BCUT2D eigenvalue weighted by molar-refractivity contribution is 6.02. The molecule has 23 heavy (non-hydrogen) atoms. The molecule has 0 fully saturated rings. The van der Waals surface area contributed by atoms with E-state index in [1.165, 1.54) is 0 Å². The summed E-state index contributed by atoms with van der Waals surface area (Å²) in [6.07, 6.45) is 1.92. The minimum absolute atomic E-state index is 0.0206. The fourth-order valence-electron chi connectivity index (χ4n) is 3.23. The van der Waals surface area contributed by atoms with Gasteiger partial charge in [0.2, 0.25) is 0 Å². The summed E-state index contributed by atoms with van der Waals surface area (Å²) in [4.78, 5) is 22.1. The van der Waals surface area contributed by atoms with Crippen LogP contribution in [0.25, 0.3) is 22.2 Å². The summed E-state index contributed by atoms with van der Waals surface area (Å²) in [6, 6.07) is 9.60. The largest absolute Gasteiger partial charge is 0.397 e. The first-order valence-corrected chi connectivity index (χ1v) is 7.57. The summed E-state index contributed by atoms with van der Waals surface area (Å²) in [6.45, 7) is 4.03. The fourth-order valence-corrected chi connectivity index (χ4v) is 3.23. The van der Waals surface area contributed by atoms with E-state index >= 15 is 0 Å². The number of nitrogens with one attached hydrogen (secondary N) is 1. The van der Waals surface area contributed by atoms with Crippen molar-refractivity contribution < 1.29 is 4.79 Å². The number of fused-ring (bicyclic) bond motifs is 2. The average Bonchev–Trinajstić information content (AvgIpc) is 3.04. The van der Waals surface area contributed by atoms with Crippen LogP contribution < -0.4 is 5.73 Å². The second-order valence-corrected chi connectivity index (χ2v) is 6.49. The van der Waals surface area contributed by atoms with Crippen LogP contribution in [0.2, 0.25) is 0 Å². The van der Waals surface area contributed by atoms with E-state index in [2.05, 4.69) is 4.98 Å². The minimum Gasteiger partial charge on any atom is -0.397 e. The van der Waals surface area contributed by atoms with E-state index in [0.29, 0.717) is 11.3 Å². The van der Waals surface area contributed by atoms with E-state index in [1.54, 1.807) is 4.90 Å². The van der Waals surface area contributed by atoms with E-state index < -0.39 is 5.54 Å². The number of nitrogen functional groups attached to an aromatic ring is 1. The maximum absolute atomic E-state index is 12.3. The normalized spacial score (nSPS) is 16.1. The number of para-hydroxylation sites is 1. The zero-order chi connectivity index (χ0) is 16.4. The molecule has 1 aromatic carbocycles. The van der Waals surface area contributed by atoms with Crippen molar-refractivity contribution in [1.29, 1.82) is 0 Å². The Labute approximate surface area is 134 Å². The molecule has 3 N–H and O–H groups in total. The number of anilines is 1. The predicted octanol–water partition coefficient (Wildman–Crippen LogP) is 3.13. The number of carbonyl (C=O) groups is 1. The number of aromatic amines is 1. The highest BCUT2D eigenvalue weighted by atomic mass is 16.2. The molecular weight excluding hydrogens is 288 g/mol. The van der Waals surface area contributed by atoms with Crippen LogP contribution in [0.3, 0.4) is 0 Å². The summed E-state index contributed by atoms with van der Waals surface area (Å²) in [7, 11) is 1.82. The van der Waals surface area contributed by atoms with Crippen molar-refractivity contribution in [2.45, 2.75) is 19.4 Å². The monoisotopic (exact) mass is 306 g/mol. The van der Waals surface area contributed by atoms with Gasteiger partial charge in [-0.2, -0.15) is 0 Å². The van der Waals surface area contributed by atoms with Crippen molar-refractivity contribution in [3.63, 3.8) is 0 Å². The summed E-state index contributed by atoms with van der Waals surface area (Å²) >= 11 is 0. The van der Waals surface area contributed by atoms with E-state index in [-0.39, 0.29) is 5.91 Å². The lowest BCUT2D eigenvalue weighted by molar-refractivity contribution is 0.0688. The van der Waals surface area contributed by atoms with Crippen LogP contribution in [0.4, 0.5) is 5.69 Å². The number of amides is 1. The molecule has 0 bridgehead atoms.